The summed E-state index contributed by atoms with van der Waals surface area (Å²) in [6.07, 6.45) is 0.843. The molecule has 0 saturated carbocycles. The van der Waals surface area contributed by atoms with E-state index in [0.717, 1.165) is 29.9 Å². The van der Waals surface area contributed by atoms with Gasteiger partial charge in [-0.15, -0.1) is 0 Å². The lowest BCUT2D eigenvalue weighted by Gasteiger charge is -2.36. The van der Waals surface area contributed by atoms with Gasteiger partial charge in [-0.05, 0) is 42.3 Å². The van der Waals surface area contributed by atoms with Crippen LogP contribution in [0.25, 0.3) is 10.9 Å². The van der Waals surface area contributed by atoms with Crippen molar-refractivity contribution < 1.29 is 13.9 Å². The monoisotopic (exact) mass is 410 g/mol. The van der Waals surface area contributed by atoms with E-state index in [1.165, 1.54) is 17.0 Å². The number of benzene rings is 2. The number of halogens is 2. The SMILES string of the molecule is OCc1ccc(CN2CCc3c([nH]c4ccccc34)C2c2c(F)cccc2Cl)o1. The van der Waals surface area contributed by atoms with Gasteiger partial charge in [0.2, 0.25) is 0 Å². The molecule has 2 aromatic heterocycles. The molecular weight excluding hydrogens is 391 g/mol. The van der Waals surface area contributed by atoms with E-state index in [1.54, 1.807) is 18.2 Å². The van der Waals surface area contributed by atoms with Gasteiger partial charge in [0.05, 0.1) is 12.6 Å². The van der Waals surface area contributed by atoms with Crippen molar-refractivity contribution in [2.75, 3.05) is 6.54 Å². The third kappa shape index (κ3) is 3.15. The van der Waals surface area contributed by atoms with Crippen LogP contribution < -0.4 is 0 Å². The maximum absolute atomic E-state index is 15.0. The van der Waals surface area contributed by atoms with Crippen molar-refractivity contribution >= 4 is 22.5 Å². The molecule has 29 heavy (non-hydrogen) atoms. The second kappa shape index (κ2) is 7.34. The molecule has 0 spiro atoms. The molecule has 0 radical (unpaired) electrons. The fourth-order valence-corrected chi connectivity index (χ4v) is 4.62. The summed E-state index contributed by atoms with van der Waals surface area (Å²) < 4.78 is 20.7. The van der Waals surface area contributed by atoms with Gasteiger partial charge in [0.25, 0.3) is 0 Å². The van der Waals surface area contributed by atoms with Gasteiger partial charge in [-0.3, -0.25) is 4.90 Å². The zero-order valence-corrected chi connectivity index (χ0v) is 16.4. The summed E-state index contributed by atoms with van der Waals surface area (Å²) in [7, 11) is 0. The zero-order chi connectivity index (χ0) is 20.0. The minimum absolute atomic E-state index is 0.144. The minimum Gasteiger partial charge on any atom is -0.462 e. The minimum atomic E-state index is -0.359. The molecule has 4 aromatic rings. The highest BCUT2D eigenvalue weighted by atomic mass is 35.5. The molecule has 2 N–H and O–H groups in total. The summed E-state index contributed by atoms with van der Waals surface area (Å²) in [4.78, 5) is 5.68. The third-order valence-electron chi connectivity index (χ3n) is 5.64. The number of nitrogens with zero attached hydrogens (tertiary/aromatic N) is 1. The third-order valence-corrected chi connectivity index (χ3v) is 5.97. The molecule has 0 saturated heterocycles. The first-order chi connectivity index (χ1) is 14.2. The van der Waals surface area contributed by atoms with Crippen LogP contribution in [0.4, 0.5) is 4.39 Å². The number of rotatable bonds is 4. The van der Waals surface area contributed by atoms with Crippen LogP contribution in [0.2, 0.25) is 5.02 Å². The molecule has 2 aromatic carbocycles. The molecule has 0 fully saturated rings. The normalized spacial score (nSPS) is 17.0. The van der Waals surface area contributed by atoms with E-state index in [-0.39, 0.29) is 18.5 Å². The highest BCUT2D eigenvalue weighted by Gasteiger charge is 2.35. The molecule has 3 heterocycles. The molecule has 1 aliphatic rings. The first kappa shape index (κ1) is 18.4. The van der Waals surface area contributed by atoms with E-state index in [1.807, 2.05) is 24.3 Å². The summed E-state index contributed by atoms with van der Waals surface area (Å²) in [6.45, 7) is 1.08. The number of fused-ring (bicyclic) bond motifs is 3. The molecule has 0 bridgehead atoms. The number of nitrogens with one attached hydrogen (secondary N) is 1. The molecular formula is C23H20ClFN2O2. The Morgan fingerprint density at radius 1 is 1.10 bits per heavy atom. The van der Waals surface area contributed by atoms with Gasteiger partial charge < -0.3 is 14.5 Å². The number of aliphatic hydroxyl groups is 1. The molecule has 0 aliphatic carbocycles. The lowest BCUT2D eigenvalue weighted by Crippen LogP contribution is -2.36. The molecule has 4 nitrogen and oxygen atoms in total. The number of furan rings is 1. The topological polar surface area (TPSA) is 52.4 Å². The van der Waals surface area contributed by atoms with Crippen LogP contribution in [0, 0.1) is 5.82 Å². The van der Waals surface area contributed by atoms with Gasteiger partial charge in [0.1, 0.15) is 23.9 Å². The molecule has 6 heteroatoms. The van der Waals surface area contributed by atoms with Crippen LogP contribution in [-0.2, 0) is 19.6 Å². The highest BCUT2D eigenvalue weighted by Crippen LogP contribution is 2.42. The standard InChI is InChI=1S/C23H20ClFN2O2/c24-18-5-3-6-19(25)21(18)23-22-17(16-4-1-2-7-20(16)26-22)10-11-27(23)12-14-8-9-15(13-28)29-14/h1-9,23,26,28H,10-13H2. The molecule has 1 atom stereocenters. The largest absolute Gasteiger partial charge is 0.462 e. The molecule has 148 valence electrons. The van der Waals surface area contributed by atoms with E-state index >= 15 is 0 Å². The Kier molecular flexibility index (Phi) is 4.66. The molecule has 1 aliphatic heterocycles. The number of aromatic amines is 1. The number of para-hydroxylation sites is 1. The fourth-order valence-electron chi connectivity index (χ4n) is 4.35. The van der Waals surface area contributed by atoms with Gasteiger partial charge >= 0.3 is 0 Å². The summed E-state index contributed by atoms with van der Waals surface area (Å²) >= 11 is 6.49. The molecule has 0 amide bonds. The maximum atomic E-state index is 15.0. The zero-order valence-electron chi connectivity index (χ0n) is 15.7. The summed E-state index contributed by atoms with van der Waals surface area (Å²) in [5.41, 5.74) is 3.68. The van der Waals surface area contributed by atoms with E-state index in [9.17, 15) is 9.50 Å². The number of H-pyrrole nitrogens is 1. The van der Waals surface area contributed by atoms with Crippen molar-refractivity contribution in [1.29, 1.82) is 0 Å². The van der Waals surface area contributed by atoms with Crippen molar-refractivity contribution in [2.24, 2.45) is 0 Å². The Bertz CT molecular complexity index is 1160. The van der Waals surface area contributed by atoms with Crippen LogP contribution in [0.15, 0.2) is 59.0 Å². The van der Waals surface area contributed by atoms with Crippen molar-refractivity contribution in [3.05, 3.63) is 93.8 Å². The van der Waals surface area contributed by atoms with Crippen molar-refractivity contribution in [2.45, 2.75) is 25.6 Å². The van der Waals surface area contributed by atoms with E-state index in [4.69, 9.17) is 16.0 Å². The lowest BCUT2D eigenvalue weighted by atomic mass is 9.92. The first-order valence-electron chi connectivity index (χ1n) is 9.61. The van der Waals surface area contributed by atoms with Crippen LogP contribution in [0.1, 0.15) is 34.4 Å². The Morgan fingerprint density at radius 3 is 2.72 bits per heavy atom. The smallest absolute Gasteiger partial charge is 0.129 e. The van der Waals surface area contributed by atoms with E-state index in [0.29, 0.717) is 22.9 Å². The molecule has 1 unspecified atom stereocenters. The van der Waals surface area contributed by atoms with Crippen LogP contribution in [0.3, 0.4) is 0 Å². The highest BCUT2D eigenvalue weighted by molar-refractivity contribution is 6.31. The van der Waals surface area contributed by atoms with Crippen molar-refractivity contribution in [3.63, 3.8) is 0 Å². The van der Waals surface area contributed by atoms with Gasteiger partial charge in [0, 0.05) is 33.7 Å². The second-order valence-electron chi connectivity index (χ2n) is 7.35. The van der Waals surface area contributed by atoms with Gasteiger partial charge in [-0.1, -0.05) is 35.9 Å². The Labute approximate surface area is 172 Å². The Balaban J connectivity index is 1.65. The number of aliphatic hydroxyl groups excluding tert-OH is 1. The van der Waals surface area contributed by atoms with Crippen molar-refractivity contribution in [3.8, 4) is 0 Å². The quantitative estimate of drug-likeness (QED) is 0.486. The summed E-state index contributed by atoms with van der Waals surface area (Å²) in [5, 5.41) is 10.9. The first-order valence-corrected chi connectivity index (χ1v) is 9.99. The Hall–Kier alpha value is -2.60. The average molecular weight is 411 g/mol. The second-order valence-corrected chi connectivity index (χ2v) is 7.75. The fraction of sp³-hybridized carbons (Fsp3) is 0.217. The lowest BCUT2D eigenvalue weighted by molar-refractivity contribution is 0.177. The van der Waals surface area contributed by atoms with Gasteiger partial charge in [0.15, 0.2) is 0 Å². The van der Waals surface area contributed by atoms with Gasteiger partial charge in [-0.2, -0.15) is 0 Å². The number of aromatic nitrogens is 1. The Morgan fingerprint density at radius 2 is 1.93 bits per heavy atom. The van der Waals surface area contributed by atoms with Gasteiger partial charge in [-0.25, -0.2) is 4.39 Å². The van der Waals surface area contributed by atoms with Crippen LogP contribution in [-0.4, -0.2) is 21.5 Å². The predicted octanol–water partition coefficient (Wildman–Crippen LogP) is 5.19. The maximum Gasteiger partial charge on any atom is 0.129 e. The number of hydrogen-bond acceptors (Lipinski definition) is 3. The van der Waals surface area contributed by atoms with Crippen LogP contribution >= 0.6 is 11.6 Å². The molecule has 5 rings (SSSR count). The van der Waals surface area contributed by atoms with Crippen molar-refractivity contribution in [1.82, 2.24) is 9.88 Å². The average Bonchev–Trinajstić information content (AvgIpc) is 3.33. The van der Waals surface area contributed by atoms with Crippen LogP contribution in [0.5, 0.6) is 0 Å². The van der Waals surface area contributed by atoms with E-state index < -0.39 is 0 Å². The van der Waals surface area contributed by atoms with E-state index in [2.05, 4.69) is 16.0 Å². The summed E-state index contributed by atoms with van der Waals surface area (Å²) in [6, 6.07) is 16.2. The predicted molar refractivity (Wildman–Crippen MR) is 110 cm³/mol. The number of hydrogen-bond donors (Lipinski definition) is 2. The summed E-state index contributed by atoms with van der Waals surface area (Å²) in [5.74, 6) is 0.921.